The van der Waals surface area contributed by atoms with E-state index < -0.39 is 0 Å². The van der Waals surface area contributed by atoms with Gasteiger partial charge in [-0.2, -0.15) is 0 Å². The van der Waals surface area contributed by atoms with Crippen LogP contribution in [-0.4, -0.2) is 23.4 Å². The van der Waals surface area contributed by atoms with Crippen molar-refractivity contribution in [3.05, 3.63) is 70.2 Å². The average Bonchev–Trinajstić information content (AvgIpc) is 3.11. The van der Waals surface area contributed by atoms with Crippen LogP contribution in [0.4, 0.5) is 0 Å². The minimum Gasteiger partial charge on any atom is -0.340 e. The van der Waals surface area contributed by atoms with Crippen LogP contribution in [0.3, 0.4) is 0 Å². The lowest BCUT2D eigenvalue weighted by Gasteiger charge is -2.35. The van der Waals surface area contributed by atoms with Crippen molar-refractivity contribution in [1.82, 2.24) is 4.90 Å². The number of benzene rings is 2. The van der Waals surface area contributed by atoms with Gasteiger partial charge in [0.05, 0.1) is 0 Å². The molecule has 2 aliphatic rings. The molecule has 1 aliphatic heterocycles. The average molecular weight is 382 g/mol. The molecule has 1 saturated carbocycles. The Kier molecular flexibility index (Phi) is 5.83. The molecule has 0 radical (unpaired) electrons. The Morgan fingerprint density at radius 3 is 2.59 bits per heavy atom. The summed E-state index contributed by atoms with van der Waals surface area (Å²) in [4.78, 5) is 14.2. The monoisotopic (exact) mass is 381 g/mol. The quantitative estimate of drug-likeness (QED) is 0.654. The normalized spacial score (nSPS) is 23.0. The molecule has 1 aliphatic carbocycles. The van der Waals surface area contributed by atoms with Crippen molar-refractivity contribution in [2.45, 2.75) is 57.4 Å². The van der Waals surface area contributed by atoms with E-state index in [1.54, 1.807) is 0 Å². The van der Waals surface area contributed by atoms with Crippen molar-refractivity contribution in [2.24, 2.45) is 5.92 Å². The summed E-state index contributed by atoms with van der Waals surface area (Å²) in [5.74, 6) is 0.999. The SMILES string of the molecule is O=C1CCCN1C1CCCC(Cc2ccc(Cc3ccccc3)cc2Cl)C1. The molecule has 2 unspecified atom stereocenters. The van der Waals surface area contributed by atoms with Crippen molar-refractivity contribution in [3.8, 4) is 0 Å². The Balaban J connectivity index is 1.39. The Morgan fingerprint density at radius 1 is 1.00 bits per heavy atom. The third kappa shape index (κ3) is 4.55. The van der Waals surface area contributed by atoms with Crippen molar-refractivity contribution in [2.75, 3.05) is 6.54 Å². The van der Waals surface area contributed by atoms with Gasteiger partial charge >= 0.3 is 0 Å². The standard InChI is InChI=1S/C24H28ClNO/c25-23-17-20(14-18-6-2-1-3-7-18)11-12-21(23)15-19-8-4-9-22(16-19)26-13-5-10-24(26)27/h1-3,6-7,11-12,17,19,22H,4-5,8-10,13-16H2. The predicted octanol–water partition coefficient (Wildman–Crippen LogP) is 5.65. The minimum absolute atomic E-state index is 0.365. The van der Waals surface area contributed by atoms with Gasteiger partial charge in [0.15, 0.2) is 0 Å². The molecule has 2 aromatic rings. The smallest absolute Gasteiger partial charge is 0.222 e. The van der Waals surface area contributed by atoms with E-state index in [4.69, 9.17) is 11.6 Å². The Hall–Kier alpha value is -1.80. The fourth-order valence-corrected chi connectivity index (χ4v) is 5.08. The fraction of sp³-hybridized carbons (Fsp3) is 0.458. The summed E-state index contributed by atoms with van der Waals surface area (Å²) in [6.45, 7) is 0.963. The molecule has 0 bridgehead atoms. The summed E-state index contributed by atoms with van der Waals surface area (Å²) in [6.07, 6.45) is 8.51. The molecule has 0 N–H and O–H groups in total. The molecule has 2 fully saturated rings. The summed E-state index contributed by atoms with van der Waals surface area (Å²) in [6, 6.07) is 17.5. The molecular weight excluding hydrogens is 354 g/mol. The van der Waals surface area contributed by atoms with Gasteiger partial charge in [0.1, 0.15) is 0 Å². The van der Waals surface area contributed by atoms with Crippen LogP contribution in [0.1, 0.15) is 55.2 Å². The molecule has 1 amide bonds. The first-order chi connectivity index (χ1) is 13.2. The second kappa shape index (κ2) is 8.48. The number of halogens is 1. The highest BCUT2D eigenvalue weighted by Crippen LogP contribution is 2.33. The third-order valence-corrected chi connectivity index (χ3v) is 6.53. The zero-order valence-corrected chi connectivity index (χ0v) is 16.6. The number of nitrogens with zero attached hydrogens (tertiary/aromatic N) is 1. The lowest BCUT2D eigenvalue weighted by molar-refractivity contribution is -0.130. The maximum atomic E-state index is 12.1. The number of hydrogen-bond donors (Lipinski definition) is 0. The van der Waals surface area contributed by atoms with Crippen LogP contribution in [0.25, 0.3) is 0 Å². The van der Waals surface area contributed by atoms with E-state index in [2.05, 4.69) is 47.4 Å². The molecule has 4 rings (SSSR count). The number of rotatable bonds is 5. The highest BCUT2D eigenvalue weighted by Gasteiger charge is 2.32. The van der Waals surface area contributed by atoms with Gasteiger partial charge in [0.25, 0.3) is 0 Å². The third-order valence-electron chi connectivity index (χ3n) is 6.18. The van der Waals surface area contributed by atoms with E-state index in [1.165, 1.54) is 36.0 Å². The lowest BCUT2D eigenvalue weighted by Crippen LogP contribution is -2.39. The van der Waals surface area contributed by atoms with Crippen LogP contribution >= 0.6 is 11.6 Å². The van der Waals surface area contributed by atoms with Crippen molar-refractivity contribution >= 4 is 17.5 Å². The Morgan fingerprint density at radius 2 is 1.85 bits per heavy atom. The first-order valence-corrected chi connectivity index (χ1v) is 10.7. The number of likely N-dealkylation sites (tertiary alicyclic amines) is 1. The zero-order valence-electron chi connectivity index (χ0n) is 15.9. The molecule has 3 heteroatoms. The summed E-state index contributed by atoms with van der Waals surface area (Å²) < 4.78 is 0. The molecule has 2 atom stereocenters. The van der Waals surface area contributed by atoms with Gasteiger partial charge in [0, 0.05) is 24.0 Å². The van der Waals surface area contributed by atoms with E-state index in [9.17, 15) is 4.79 Å². The van der Waals surface area contributed by atoms with E-state index in [0.717, 1.165) is 43.7 Å². The van der Waals surface area contributed by atoms with Gasteiger partial charge in [-0.3, -0.25) is 4.79 Å². The first kappa shape index (κ1) is 18.6. The molecule has 1 saturated heterocycles. The molecule has 2 nitrogen and oxygen atoms in total. The summed E-state index contributed by atoms with van der Waals surface area (Å²) in [5.41, 5.74) is 3.83. The maximum Gasteiger partial charge on any atom is 0.222 e. The second-order valence-electron chi connectivity index (χ2n) is 8.17. The number of amides is 1. The van der Waals surface area contributed by atoms with Crippen molar-refractivity contribution < 1.29 is 4.79 Å². The minimum atomic E-state index is 0.365. The van der Waals surface area contributed by atoms with Crippen LogP contribution in [0.15, 0.2) is 48.5 Å². The van der Waals surface area contributed by atoms with E-state index in [-0.39, 0.29) is 0 Å². The first-order valence-electron chi connectivity index (χ1n) is 10.3. The van der Waals surface area contributed by atoms with E-state index in [0.29, 0.717) is 17.9 Å². The molecule has 142 valence electrons. The highest BCUT2D eigenvalue weighted by atomic mass is 35.5. The van der Waals surface area contributed by atoms with Gasteiger partial charge in [-0.25, -0.2) is 0 Å². The maximum absolute atomic E-state index is 12.1. The topological polar surface area (TPSA) is 20.3 Å². The van der Waals surface area contributed by atoms with Gasteiger partial charge in [0.2, 0.25) is 5.91 Å². The molecule has 27 heavy (non-hydrogen) atoms. The second-order valence-corrected chi connectivity index (χ2v) is 8.58. The van der Waals surface area contributed by atoms with Crippen molar-refractivity contribution in [1.29, 1.82) is 0 Å². The van der Waals surface area contributed by atoms with Crippen molar-refractivity contribution in [3.63, 3.8) is 0 Å². The van der Waals surface area contributed by atoms with Gasteiger partial charge in [-0.05, 0) is 67.2 Å². The van der Waals surface area contributed by atoms with Gasteiger partial charge in [-0.15, -0.1) is 0 Å². The van der Waals surface area contributed by atoms with E-state index >= 15 is 0 Å². The Labute approximate surface area is 167 Å². The molecule has 2 aromatic carbocycles. The molecular formula is C24H28ClNO. The van der Waals surface area contributed by atoms with Crippen LogP contribution in [-0.2, 0) is 17.6 Å². The van der Waals surface area contributed by atoms with Crippen LogP contribution in [0, 0.1) is 5.92 Å². The number of carbonyl (C=O) groups is 1. The zero-order chi connectivity index (χ0) is 18.6. The summed E-state index contributed by atoms with van der Waals surface area (Å²) in [7, 11) is 0. The molecule has 0 aromatic heterocycles. The van der Waals surface area contributed by atoms with Crippen LogP contribution in [0.5, 0.6) is 0 Å². The number of hydrogen-bond acceptors (Lipinski definition) is 1. The van der Waals surface area contributed by atoms with Crippen LogP contribution in [0.2, 0.25) is 5.02 Å². The molecule has 1 heterocycles. The lowest BCUT2D eigenvalue weighted by atomic mass is 9.81. The summed E-state index contributed by atoms with van der Waals surface area (Å²) in [5, 5.41) is 0.891. The predicted molar refractivity (Wildman–Crippen MR) is 111 cm³/mol. The Bertz CT molecular complexity index is 788. The van der Waals surface area contributed by atoms with Crippen LogP contribution < -0.4 is 0 Å². The largest absolute Gasteiger partial charge is 0.340 e. The van der Waals surface area contributed by atoms with Gasteiger partial charge < -0.3 is 4.90 Å². The highest BCUT2D eigenvalue weighted by molar-refractivity contribution is 6.31. The summed E-state index contributed by atoms with van der Waals surface area (Å²) >= 11 is 6.64. The molecule has 0 spiro atoms. The van der Waals surface area contributed by atoms with Gasteiger partial charge in [-0.1, -0.05) is 60.5 Å². The number of carbonyl (C=O) groups excluding carboxylic acids is 1. The fourth-order valence-electron chi connectivity index (χ4n) is 4.80. The van der Waals surface area contributed by atoms with E-state index in [1.807, 2.05) is 6.07 Å².